The summed E-state index contributed by atoms with van der Waals surface area (Å²) in [5.41, 5.74) is 9.83. The van der Waals surface area contributed by atoms with Crippen LogP contribution in [0.2, 0.25) is 0 Å². The van der Waals surface area contributed by atoms with Crippen LogP contribution in [0.3, 0.4) is 0 Å². The molecule has 8 aromatic carbocycles. The minimum atomic E-state index is -1.71. The van der Waals surface area contributed by atoms with Gasteiger partial charge >= 0.3 is 0 Å². The second-order valence-electron chi connectivity index (χ2n) is 14.4. The molecule has 56 heavy (non-hydrogen) atoms. The molecule has 4 nitrogen and oxygen atoms in total. The van der Waals surface area contributed by atoms with Crippen LogP contribution in [-0.4, -0.2) is 27.5 Å². The van der Waals surface area contributed by atoms with E-state index < -0.39 is 8.80 Å². The maximum Gasteiger partial charge on any atom is 0.165 e. The Morgan fingerprint density at radius 2 is 0.839 bits per heavy atom. The largest absolute Gasteiger partial charge is 0.308 e. The van der Waals surface area contributed by atoms with E-state index in [1.165, 1.54) is 42.8 Å². The van der Waals surface area contributed by atoms with Crippen molar-refractivity contribution in [2.24, 2.45) is 0 Å². The summed E-state index contributed by atoms with van der Waals surface area (Å²) in [6.07, 6.45) is 0. The quantitative estimate of drug-likeness (QED) is 0.118. The molecule has 0 unspecified atom stereocenters. The third kappa shape index (κ3) is 5.09. The summed E-state index contributed by atoms with van der Waals surface area (Å²) in [5.74, 6) is 0.912. The van der Waals surface area contributed by atoms with Gasteiger partial charge in [0, 0.05) is 33.4 Å². The monoisotopic (exact) mass is 732 g/mol. The molecule has 0 saturated carbocycles. The molecule has 264 valence electrons. The van der Waals surface area contributed by atoms with Crippen LogP contribution < -0.4 is 15.6 Å². The minimum absolute atomic E-state index is 0.912. The summed E-state index contributed by atoms with van der Waals surface area (Å²) in [7, 11) is -1.71. The van der Waals surface area contributed by atoms with Gasteiger partial charge in [-0.05, 0) is 48.5 Å². The van der Waals surface area contributed by atoms with Gasteiger partial charge in [0.05, 0.1) is 21.9 Å². The predicted molar refractivity (Wildman–Crippen MR) is 237 cm³/mol. The fraction of sp³-hybridized carbons (Fsp3) is 0. The third-order valence-corrected chi connectivity index (χ3v) is 14.3. The molecule has 0 N–H and O–H groups in total. The zero-order valence-corrected chi connectivity index (χ0v) is 31.7. The zero-order valence-electron chi connectivity index (χ0n) is 30.6. The molecular weight excluding hydrogens is 697 g/mol. The van der Waals surface area contributed by atoms with Crippen molar-refractivity contribution in [2.75, 3.05) is 0 Å². The Morgan fingerprint density at radius 3 is 1.46 bits per heavy atom. The van der Waals surface area contributed by atoms with Crippen LogP contribution in [0, 0.1) is 0 Å². The van der Waals surface area contributed by atoms with Gasteiger partial charge in [-0.15, -0.1) is 0 Å². The summed E-state index contributed by atoms with van der Waals surface area (Å²) < 4.78 is 7.20. The topological polar surface area (TPSA) is 27.7 Å². The van der Waals surface area contributed by atoms with E-state index >= 15 is 0 Å². The van der Waals surface area contributed by atoms with E-state index in [-0.39, 0.29) is 0 Å². The maximum atomic E-state index is 5.55. The van der Waals surface area contributed by atoms with Gasteiger partial charge in [0.1, 0.15) is 20.1 Å². The first-order chi connectivity index (χ1) is 27.8. The van der Waals surface area contributed by atoms with Crippen molar-refractivity contribution in [1.82, 2.24) is 18.7 Å². The van der Waals surface area contributed by atoms with Gasteiger partial charge in [0.25, 0.3) is 0 Å². The summed E-state index contributed by atoms with van der Waals surface area (Å²) in [5, 5.41) is 7.83. The average Bonchev–Trinajstić information content (AvgIpc) is 3.93. The van der Waals surface area contributed by atoms with Crippen molar-refractivity contribution in [2.45, 2.75) is 0 Å². The Labute approximate surface area is 326 Å². The smallest absolute Gasteiger partial charge is 0.165 e. The van der Waals surface area contributed by atoms with E-state index in [0.29, 0.717) is 0 Å². The highest BCUT2D eigenvalue weighted by molar-refractivity contribution is 6.95. The van der Waals surface area contributed by atoms with E-state index in [9.17, 15) is 0 Å². The van der Waals surface area contributed by atoms with Gasteiger partial charge in [-0.25, -0.2) is 4.98 Å². The number of nitrogens with zero attached hydrogens (tertiary/aromatic N) is 4. The van der Waals surface area contributed by atoms with Crippen LogP contribution in [0.25, 0.3) is 72.3 Å². The van der Waals surface area contributed by atoms with Crippen LogP contribution in [0.15, 0.2) is 212 Å². The van der Waals surface area contributed by atoms with Crippen molar-refractivity contribution >= 4 is 68.2 Å². The van der Waals surface area contributed by atoms with Gasteiger partial charge in [0.15, 0.2) is 5.65 Å². The van der Waals surface area contributed by atoms with Crippen molar-refractivity contribution in [1.29, 1.82) is 0 Å². The number of rotatable bonds is 7. The van der Waals surface area contributed by atoms with Gasteiger partial charge in [-0.1, -0.05) is 179 Å². The number of aromatic nitrogens is 4. The molecule has 3 heterocycles. The molecule has 0 atom stereocenters. The highest BCUT2D eigenvalue weighted by Gasteiger charge is 2.27. The Hall–Kier alpha value is -7.21. The fourth-order valence-corrected chi connectivity index (χ4v) is 11.7. The number of para-hydroxylation sites is 3. The maximum absolute atomic E-state index is 5.55. The molecule has 3 aromatic heterocycles. The molecule has 5 heteroatoms. The third-order valence-electron chi connectivity index (χ3n) is 11.2. The molecule has 11 aromatic rings. The first-order valence-electron chi connectivity index (χ1n) is 19.2. The zero-order chi connectivity index (χ0) is 37.0. The second kappa shape index (κ2) is 13.3. The number of imidazole rings is 1. The molecule has 0 amide bonds. The molecule has 11 rings (SSSR count). The average molecular weight is 733 g/mol. The predicted octanol–water partition coefficient (Wildman–Crippen LogP) is 9.98. The molecule has 0 aliphatic heterocycles. The summed E-state index contributed by atoms with van der Waals surface area (Å²) in [6, 6.07) is 76.8. The lowest BCUT2D eigenvalue weighted by atomic mass is 10.1. The van der Waals surface area contributed by atoms with Crippen molar-refractivity contribution < 1.29 is 0 Å². The standard InChI is InChI=1S/C51H36N4Si/c1-6-18-36(19-7-1)50-52-51-49(55(50)38-22-10-3-11-23-38)47-46(54(51)37-20-8-2-9-21-37)35-34-44-43-28-16-17-29-45(43)53(48(44)47)39-30-32-42(33-31-39)56(40-24-12-4-13-25-40)41-26-14-5-15-27-41/h1-35,56H. The van der Waals surface area contributed by atoms with E-state index in [0.717, 1.165) is 45.1 Å². The molecule has 0 aliphatic rings. The summed E-state index contributed by atoms with van der Waals surface area (Å²) in [4.78, 5) is 5.55. The van der Waals surface area contributed by atoms with Crippen LogP contribution in [-0.2, 0) is 0 Å². The van der Waals surface area contributed by atoms with Crippen LogP contribution in [0.5, 0.6) is 0 Å². The summed E-state index contributed by atoms with van der Waals surface area (Å²) in [6.45, 7) is 0. The molecule has 0 bridgehead atoms. The first-order valence-corrected chi connectivity index (χ1v) is 20.9. The van der Waals surface area contributed by atoms with Crippen LogP contribution in [0.1, 0.15) is 0 Å². The van der Waals surface area contributed by atoms with Gasteiger partial charge < -0.3 is 4.57 Å². The lowest BCUT2D eigenvalue weighted by Gasteiger charge is -2.18. The number of benzene rings is 8. The normalized spacial score (nSPS) is 11.7. The molecule has 0 aliphatic carbocycles. The lowest BCUT2D eigenvalue weighted by molar-refractivity contribution is 1.10. The van der Waals surface area contributed by atoms with E-state index in [2.05, 4.69) is 226 Å². The van der Waals surface area contributed by atoms with E-state index in [1.807, 2.05) is 0 Å². The van der Waals surface area contributed by atoms with E-state index in [4.69, 9.17) is 4.98 Å². The van der Waals surface area contributed by atoms with Gasteiger partial charge in [-0.2, -0.15) is 0 Å². The second-order valence-corrected chi connectivity index (χ2v) is 17.2. The molecule has 0 spiro atoms. The fourth-order valence-electron chi connectivity index (χ4n) is 8.77. The van der Waals surface area contributed by atoms with Gasteiger partial charge in [0.2, 0.25) is 0 Å². The lowest BCUT2D eigenvalue weighted by Crippen LogP contribution is -2.51. The van der Waals surface area contributed by atoms with Crippen molar-refractivity contribution in [3.05, 3.63) is 212 Å². The van der Waals surface area contributed by atoms with Gasteiger partial charge in [-0.3, -0.25) is 9.13 Å². The Balaban J connectivity index is 1.25. The van der Waals surface area contributed by atoms with Crippen molar-refractivity contribution in [3.8, 4) is 28.5 Å². The summed E-state index contributed by atoms with van der Waals surface area (Å²) >= 11 is 0. The highest BCUT2D eigenvalue weighted by atomic mass is 28.3. The Bertz CT molecular complexity index is 3110. The number of fused-ring (bicyclic) bond motifs is 7. The van der Waals surface area contributed by atoms with Crippen LogP contribution >= 0.6 is 0 Å². The highest BCUT2D eigenvalue weighted by Crippen LogP contribution is 2.44. The van der Waals surface area contributed by atoms with Crippen LogP contribution in [0.4, 0.5) is 0 Å². The molecule has 0 radical (unpaired) electrons. The molecular formula is C51H36N4Si. The Kier molecular flexibility index (Phi) is 7.64. The van der Waals surface area contributed by atoms with E-state index in [1.54, 1.807) is 0 Å². The molecule has 0 fully saturated rings. The first kappa shape index (κ1) is 32.2. The SMILES string of the molecule is c1ccc(-c2nc3c(c4c(ccc5c6ccccc6n(-c6ccc([SiH](c7ccccc7)c7ccccc7)cc6)c54)n3-c3ccccc3)n2-c2ccccc2)cc1. The minimum Gasteiger partial charge on any atom is -0.308 e. The number of hydrogen-bond acceptors (Lipinski definition) is 1. The molecule has 0 saturated heterocycles. The number of hydrogen-bond donors (Lipinski definition) is 0. The van der Waals surface area contributed by atoms with Crippen molar-refractivity contribution in [3.63, 3.8) is 0 Å². The Morgan fingerprint density at radius 1 is 0.339 bits per heavy atom.